The topological polar surface area (TPSA) is 37.3 Å². The van der Waals surface area contributed by atoms with E-state index >= 15 is 0 Å². The highest BCUT2D eigenvalue weighted by atomic mass is 79.9. The van der Waals surface area contributed by atoms with E-state index in [9.17, 15) is 4.79 Å². The molecule has 3 heteroatoms. The molecule has 2 nitrogen and oxygen atoms in total. The van der Waals surface area contributed by atoms with Crippen LogP contribution in [-0.4, -0.2) is 11.1 Å². The molecule has 1 atom stereocenters. The maximum Gasteiger partial charge on any atom is 0.306 e. The first-order chi connectivity index (χ1) is 6.07. The Morgan fingerprint density at radius 2 is 2.08 bits per heavy atom. The molecule has 0 spiro atoms. The maximum absolute atomic E-state index is 10.8. The van der Waals surface area contributed by atoms with Gasteiger partial charge in [-0.3, -0.25) is 4.79 Å². The maximum atomic E-state index is 10.8. The van der Waals surface area contributed by atoms with Gasteiger partial charge >= 0.3 is 5.97 Å². The van der Waals surface area contributed by atoms with Crippen LogP contribution in [-0.2, 0) is 4.79 Å². The second-order valence-corrected chi connectivity index (χ2v) is 4.13. The van der Waals surface area contributed by atoms with Gasteiger partial charge in [-0.1, -0.05) is 42.3 Å². The van der Waals surface area contributed by atoms with Crippen LogP contribution >= 0.6 is 15.9 Å². The summed E-state index contributed by atoms with van der Waals surface area (Å²) in [6.07, 6.45) is 4.21. The van der Waals surface area contributed by atoms with Crippen molar-refractivity contribution in [2.75, 3.05) is 0 Å². The zero-order valence-corrected chi connectivity index (χ0v) is 9.75. The van der Waals surface area contributed by atoms with E-state index in [1.54, 1.807) is 4.99 Å². The highest BCUT2D eigenvalue weighted by molar-refractivity contribution is 9.11. The molecule has 0 aliphatic carbocycles. The number of allylic oxidation sites excluding steroid dienone is 1. The van der Waals surface area contributed by atoms with Crippen LogP contribution in [0.3, 0.4) is 0 Å². The Balaban J connectivity index is 3.87. The summed E-state index contributed by atoms with van der Waals surface area (Å²) in [6, 6.07) is 0. The van der Waals surface area contributed by atoms with Gasteiger partial charge in [0.1, 0.15) is 0 Å². The predicted molar refractivity (Wildman–Crippen MR) is 57.9 cm³/mol. The minimum absolute atomic E-state index is 0.226. The van der Waals surface area contributed by atoms with Gasteiger partial charge < -0.3 is 5.11 Å². The summed E-state index contributed by atoms with van der Waals surface area (Å²) in [5.74, 6) is -0.336. The number of carbonyl (C=O) groups is 1. The molecule has 0 bridgehead atoms. The Kier molecular flexibility index (Phi) is 6.96. The highest BCUT2D eigenvalue weighted by Gasteiger charge is 2.15. The van der Waals surface area contributed by atoms with Crippen LogP contribution in [0.2, 0.25) is 0 Å². The van der Waals surface area contributed by atoms with Crippen LogP contribution in [0, 0.1) is 11.8 Å². The Bertz CT molecular complexity index is 176. The van der Waals surface area contributed by atoms with E-state index in [1.807, 2.05) is 6.08 Å². The first-order valence-corrected chi connectivity index (χ1v) is 5.47. The molecule has 0 aromatic rings. The number of carboxylic acids is 1. The van der Waals surface area contributed by atoms with Gasteiger partial charge in [0, 0.05) is 0 Å². The number of hydrogen-bond acceptors (Lipinski definition) is 1. The number of halogens is 1. The molecule has 0 aromatic heterocycles. The lowest BCUT2D eigenvalue weighted by molar-refractivity contribution is -0.141. The van der Waals surface area contributed by atoms with Gasteiger partial charge in [0.15, 0.2) is 0 Å². The molecule has 0 aliphatic rings. The molecular formula is C10H17BrO2. The van der Waals surface area contributed by atoms with Crippen molar-refractivity contribution in [3.8, 4) is 0 Å². The third kappa shape index (κ3) is 6.82. The smallest absolute Gasteiger partial charge is 0.306 e. The zero-order chi connectivity index (χ0) is 10.3. The van der Waals surface area contributed by atoms with Crippen molar-refractivity contribution < 1.29 is 9.90 Å². The zero-order valence-electron chi connectivity index (χ0n) is 8.16. The number of rotatable bonds is 6. The van der Waals surface area contributed by atoms with Gasteiger partial charge in [0.25, 0.3) is 0 Å². The van der Waals surface area contributed by atoms with Crippen molar-refractivity contribution in [3.05, 3.63) is 11.1 Å². The fourth-order valence-electron chi connectivity index (χ4n) is 1.09. The number of hydrogen-bond donors (Lipinski definition) is 1. The first-order valence-electron chi connectivity index (χ1n) is 4.56. The van der Waals surface area contributed by atoms with Crippen molar-refractivity contribution in [2.24, 2.45) is 11.8 Å². The lowest BCUT2D eigenvalue weighted by atomic mass is 9.95. The fraction of sp³-hybridized carbons (Fsp3) is 0.700. The van der Waals surface area contributed by atoms with Crippen LogP contribution in [0.1, 0.15) is 33.1 Å². The van der Waals surface area contributed by atoms with E-state index in [4.69, 9.17) is 5.11 Å². The third-order valence-corrected chi connectivity index (χ3v) is 2.33. The summed E-state index contributed by atoms with van der Waals surface area (Å²) >= 11 is 3.13. The van der Waals surface area contributed by atoms with Gasteiger partial charge in [-0.15, -0.1) is 0 Å². The van der Waals surface area contributed by atoms with Crippen LogP contribution in [0.15, 0.2) is 11.1 Å². The molecule has 0 saturated heterocycles. The molecule has 13 heavy (non-hydrogen) atoms. The van der Waals surface area contributed by atoms with E-state index in [-0.39, 0.29) is 5.92 Å². The Morgan fingerprint density at radius 1 is 1.46 bits per heavy atom. The van der Waals surface area contributed by atoms with Gasteiger partial charge in [-0.2, -0.15) is 0 Å². The molecule has 0 aliphatic heterocycles. The minimum atomic E-state index is -0.689. The van der Waals surface area contributed by atoms with Crippen LogP contribution in [0.25, 0.3) is 0 Å². The van der Waals surface area contributed by atoms with E-state index in [2.05, 4.69) is 29.8 Å². The van der Waals surface area contributed by atoms with E-state index < -0.39 is 5.97 Å². The Hall–Kier alpha value is -0.310. The first kappa shape index (κ1) is 12.7. The lowest BCUT2D eigenvalue weighted by Crippen LogP contribution is -2.13. The molecule has 76 valence electrons. The van der Waals surface area contributed by atoms with Crippen molar-refractivity contribution >= 4 is 21.9 Å². The molecule has 0 fully saturated rings. The normalized spacial score (nSPS) is 13.8. The van der Waals surface area contributed by atoms with Crippen LogP contribution < -0.4 is 0 Å². The summed E-state index contributed by atoms with van der Waals surface area (Å²) in [7, 11) is 0. The standard InChI is InChI=1S/C10H17BrO2/c1-8(2)5-6-9(10(12)13)4-3-7-11/h3,7-9H,4-6H2,1-2H3,(H,12,13). The molecule has 0 amide bonds. The molecule has 1 N–H and O–H groups in total. The van der Waals surface area contributed by atoms with Crippen LogP contribution in [0.4, 0.5) is 0 Å². The summed E-state index contributed by atoms with van der Waals surface area (Å²) in [4.78, 5) is 12.5. The fourth-order valence-corrected chi connectivity index (χ4v) is 1.31. The molecular weight excluding hydrogens is 232 g/mol. The lowest BCUT2D eigenvalue weighted by Gasteiger charge is -2.10. The van der Waals surface area contributed by atoms with Gasteiger partial charge in [0.2, 0.25) is 0 Å². The predicted octanol–water partition coefficient (Wildman–Crippen LogP) is 3.42. The molecule has 0 aromatic carbocycles. The van der Waals surface area contributed by atoms with E-state index in [1.165, 1.54) is 0 Å². The number of carboxylic acid groups (broad SMARTS) is 1. The quantitative estimate of drug-likeness (QED) is 0.783. The molecule has 0 saturated carbocycles. The summed E-state index contributed by atoms with van der Waals surface area (Å²) in [5.41, 5.74) is 0. The van der Waals surface area contributed by atoms with Crippen LogP contribution in [0.5, 0.6) is 0 Å². The average Bonchev–Trinajstić information content (AvgIpc) is 2.03. The van der Waals surface area contributed by atoms with Crippen molar-refractivity contribution in [3.63, 3.8) is 0 Å². The third-order valence-electron chi connectivity index (χ3n) is 1.95. The molecule has 0 rings (SSSR count). The monoisotopic (exact) mass is 248 g/mol. The minimum Gasteiger partial charge on any atom is -0.481 e. The number of aliphatic carboxylic acids is 1. The second kappa shape index (κ2) is 7.13. The SMILES string of the molecule is CC(C)CCC(CC=CBr)C(=O)O. The molecule has 0 radical (unpaired) electrons. The molecule has 1 unspecified atom stereocenters. The van der Waals surface area contributed by atoms with Gasteiger partial charge in [-0.05, 0) is 23.7 Å². The molecule has 0 heterocycles. The van der Waals surface area contributed by atoms with Crippen molar-refractivity contribution in [1.29, 1.82) is 0 Å². The Morgan fingerprint density at radius 3 is 2.46 bits per heavy atom. The van der Waals surface area contributed by atoms with Gasteiger partial charge in [-0.25, -0.2) is 0 Å². The Labute approximate surface area is 88.2 Å². The second-order valence-electron chi connectivity index (χ2n) is 3.60. The highest BCUT2D eigenvalue weighted by Crippen LogP contribution is 2.16. The van der Waals surface area contributed by atoms with Crippen molar-refractivity contribution in [1.82, 2.24) is 0 Å². The van der Waals surface area contributed by atoms with E-state index in [0.717, 1.165) is 12.8 Å². The van der Waals surface area contributed by atoms with Crippen molar-refractivity contribution in [2.45, 2.75) is 33.1 Å². The largest absolute Gasteiger partial charge is 0.481 e. The summed E-state index contributed by atoms with van der Waals surface area (Å²) in [6.45, 7) is 4.22. The summed E-state index contributed by atoms with van der Waals surface area (Å²) < 4.78 is 0. The van der Waals surface area contributed by atoms with E-state index in [0.29, 0.717) is 12.3 Å². The van der Waals surface area contributed by atoms with Gasteiger partial charge in [0.05, 0.1) is 5.92 Å². The average molecular weight is 249 g/mol. The summed E-state index contributed by atoms with van der Waals surface area (Å²) in [5, 5.41) is 8.86.